The zero-order valence-electron chi connectivity index (χ0n) is 10.3. The van der Waals surface area contributed by atoms with Crippen LogP contribution in [0.15, 0.2) is 70.7 Å². The number of benzene rings is 2. The Labute approximate surface area is 115 Å². The van der Waals surface area contributed by atoms with Gasteiger partial charge in [-0.05, 0) is 35.7 Å². The third-order valence-corrected chi connectivity index (χ3v) is 4.67. The molecule has 0 radical (unpaired) electrons. The molecule has 0 fully saturated rings. The molecule has 20 heavy (non-hydrogen) atoms. The van der Waals surface area contributed by atoms with Crippen molar-refractivity contribution in [3.8, 4) is 0 Å². The average Bonchev–Trinajstić information content (AvgIpc) is 2.47. The van der Waals surface area contributed by atoms with Crippen molar-refractivity contribution in [2.75, 3.05) is 0 Å². The number of fused-ring (bicyclic) bond motifs is 1. The van der Waals surface area contributed by atoms with E-state index in [1.807, 2.05) is 24.3 Å². The first-order valence-corrected chi connectivity index (χ1v) is 7.41. The lowest BCUT2D eigenvalue weighted by Crippen LogP contribution is -2.04. The monoisotopic (exact) mass is 287 g/mol. The second-order valence-corrected chi connectivity index (χ2v) is 6.22. The average molecular weight is 287 g/mol. The van der Waals surface area contributed by atoms with Gasteiger partial charge in [-0.25, -0.2) is 17.8 Å². The van der Waals surface area contributed by atoms with Gasteiger partial charge in [-0.2, -0.15) is 0 Å². The number of nitrogens with zero attached hydrogens (tertiary/aromatic N) is 1. The summed E-state index contributed by atoms with van der Waals surface area (Å²) < 4.78 is 37.7. The summed E-state index contributed by atoms with van der Waals surface area (Å²) in [4.78, 5) is 4.02. The number of halogens is 1. The van der Waals surface area contributed by atoms with Gasteiger partial charge in [-0.1, -0.05) is 24.3 Å². The van der Waals surface area contributed by atoms with Crippen molar-refractivity contribution < 1.29 is 12.8 Å². The highest BCUT2D eigenvalue weighted by Gasteiger charge is 2.19. The molecule has 0 bridgehead atoms. The lowest BCUT2D eigenvalue weighted by Gasteiger charge is -2.05. The minimum atomic E-state index is -3.72. The number of rotatable bonds is 2. The van der Waals surface area contributed by atoms with E-state index in [1.54, 1.807) is 0 Å². The highest BCUT2D eigenvalue weighted by Crippen LogP contribution is 2.22. The Morgan fingerprint density at radius 2 is 1.55 bits per heavy atom. The van der Waals surface area contributed by atoms with Crippen LogP contribution >= 0.6 is 0 Å². The topological polar surface area (TPSA) is 47.0 Å². The molecule has 0 saturated heterocycles. The SMILES string of the molecule is O=S(=O)(c1ccc(F)cc1)c1cc2ccccc2cn1. The van der Waals surface area contributed by atoms with Gasteiger partial charge in [0.1, 0.15) is 5.82 Å². The highest BCUT2D eigenvalue weighted by molar-refractivity contribution is 7.91. The van der Waals surface area contributed by atoms with Crippen LogP contribution in [0.2, 0.25) is 0 Å². The van der Waals surface area contributed by atoms with Crippen molar-refractivity contribution in [1.82, 2.24) is 4.98 Å². The number of hydrogen-bond donors (Lipinski definition) is 0. The minimum Gasteiger partial charge on any atom is -0.244 e. The predicted octanol–water partition coefficient (Wildman–Crippen LogP) is 3.21. The molecule has 0 aliphatic heterocycles. The van der Waals surface area contributed by atoms with Gasteiger partial charge in [0.05, 0.1) is 4.90 Å². The molecule has 0 aliphatic carbocycles. The van der Waals surface area contributed by atoms with E-state index in [2.05, 4.69) is 4.98 Å². The largest absolute Gasteiger partial charge is 0.244 e. The van der Waals surface area contributed by atoms with Crippen molar-refractivity contribution in [2.45, 2.75) is 9.92 Å². The third kappa shape index (κ3) is 2.16. The second kappa shape index (κ2) is 4.68. The molecule has 3 nitrogen and oxygen atoms in total. The van der Waals surface area contributed by atoms with Crippen molar-refractivity contribution in [3.63, 3.8) is 0 Å². The standard InChI is InChI=1S/C15H10FNO2S/c16-13-5-7-14(8-6-13)20(18,19)15-9-11-3-1-2-4-12(11)10-17-15/h1-10H. The maximum Gasteiger partial charge on any atom is 0.223 e. The van der Waals surface area contributed by atoms with Crippen LogP contribution < -0.4 is 0 Å². The Kier molecular flexibility index (Phi) is 2.99. The van der Waals surface area contributed by atoms with Crippen molar-refractivity contribution in [1.29, 1.82) is 0 Å². The summed E-state index contributed by atoms with van der Waals surface area (Å²) in [6.07, 6.45) is 1.52. The van der Waals surface area contributed by atoms with Gasteiger partial charge in [0.15, 0.2) is 5.03 Å². The Hall–Kier alpha value is -2.27. The zero-order valence-corrected chi connectivity index (χ0v) is 11.1. The fraction of sp³-hybridized carbons (Fsp3) is 0. The van der Waals surface area contributed by atoms with E-state index in [4.69, 9.17) is 0 Å². The van der Waals surface area contributed by atoms with E-state index < -0.39 is 15.7 Å². The molecule has 0 unspecified atom stereocenters. The van der Waals surface area contributed by atoms with E-state index in [-0.39, 0.29) is 9.92 Å². The quantitative estimate of drug-likeness (QED) is 0.680. The van der Waals surface area contributed by atoms with Crippen molar-refractivity contribution in [2.24, 2.45) is 0 Å². The summed E-state index contributed by atoms with van der Waals surface area (Å²) in [5.41, 5.74) is 0. The molecule has 0 saturated carbocycles. The van der Waals surface area contributed by atoms with E-state index in [0.717, 1.165) is 22.9 Å². The van der Waals surface area contributed by atoms with Crippen LogP contribution in [0.3, 0.4) is 0 Å². The van der Waals surface area contributed by atoms with E-state index in [9.17, 15) is 12.8 Å². The van der Waals surface area contributed by atoms with E-state index in [0.29, 0.717) is 0 Å². The van der Waals surface area contributed by atoms with Crippen molar-refractivity contribution >= 4 is 20.6 Å². The molecule has 3 aromatic rings. The van der Waals surface area contributed by atoms with Crippen LogP contribution in [-0.4, -0.2) is 13.4 Å². The van der Waals surface area contributed by atoms with E-state index in [1.165, 1.54) is 24.4 Å². The molecule has 100 valence electrons. The molecular formula is C15H10FNO2S. The van der Waals surface area contributed by atoms with Gasteiger partial charge in [0.25, 0.3) is 0 Å². The lowest BCUT2D eigenvalue weighted by atomic mass is 10.2. The number of sulfone groups is 1. The molecule has 0 spiro atoms. The third-order valence-electron chi connectivity index (χ3n) is 3.01. The fourth-order valence-electron chi connectivity index (χ4n) is 1.94. The normalized spacial score (nSPS) is 11.7. The maximum atomic E-state index is 12.9. The molecule has 0 aliphatic rings. The molecule has 3 rings (SSSR count). The summed E-state index contributed by atoms with van der Waals surface area (Å²) >= 11 is 0. The Morgan fingerprint density at radius 3 is 2.25 bits per heavy atom. The van der Waals surface area contributed by atoms with Gasteiger partial charge in [-0.3, -0.25) is 0 Å². The van der Waals surface area contributed by atoms with Crippen molar-refractivity contribution in [3.05, 3.63) is 66.6 Å². The molecule has 0 amide bonds. The first-order valence-electron chi connectivity index (χ1n) is 5.93. The second-order valence-electron chi connectivity index (χ2n) is 4.33. The first kappa shape index (κ1) is 12.7. The highest BCUT2D eigenvalue weighted by atomic mass is 32.2. The molecule has 1 heterocycles. The molecule has 2 aromatic carbocycles. The summed E-state index contributed by atoms with van der Waals surface area (Å²) in [6, 6.07) is 13.6. The minimum absolute atomic E-state index is 0.0293. The van der Waals surface area contributed by atoms with E-state index >= 15 is 0 Å². The van der Waals surface area contributed by atoms with Crippen LogP contribution in [0.1, 0.15) is 0 Å². The van der Waals surface area contributed by atoms with Crippen LogP contribution in [0.25, 0.3) is 10.8 Å². The van der Waals surface area contributed by atoms with Crippen LogP contribution in [0.5, 0.6) is 0 Å². The molecule has 0 N–H and O–H groups in total. The summed E-state index contributed by atoms with van der Waals surface area (Å²) in [5, 5.41) is 1.62. The Bertz CT molecular complexity index is 874. The smallest absolute Gasteiger partial charge is 0.223 e. The zero-order chi connectivity index (χ0) is 14.2. The number of aromatic nitrogens is 1. The Balaban J connectivity index is 2.15. The molecule has 0 atom stereocenters. The fourth-order valence-corrected chi connectivity index (χ4v) is 3.15. The summed E-state index contributed by atoms with van der Waals surface area (Å²) in [7, 11) is -3.72. The van der Waals surface area contributed by atoms with Crippen LogP contribution in [0, 0.1) is 5.82 Å². The molecule has 5 heteroatoms. The van der Waals surface area contributed by atoms with Crippen LogP contribution in [0.4, 0.5) is 4.39 Å². The number of hydrogen-bond acceptors (Lipinski definition) is 3. The predicted molar refractivity (Wildman–Crippen MR) is 73.6 cm³/mol. The van der Waals surface area contributed by atoms with Crippen LogP contribution in [-0.2, 0) is 9.84 Å². The van der Waals surface area contributed by atoms with Gasteiger partial charge in [-0.15, -0.1) is 0 Å². The summed E-state index contributed by atoms with van der Waals surface area (Å²) in [6.45, 7) is 0. The first-order chi connectivity index (χ1) is 9.57. The number of pyridine rings is 1. The van der Waals surface area contributed by atoms with Gasteiger partial charge >= 0.3 is 0 Å². The molecule has 1 aromatic heterocycles. The lowest BCUT2D eigenvalue weighted by molar-refractivity contribution is 0.591. The maximum absolute atomic E-state index is 12.9. The summed E-state index contributed by atoms with van der Waals surface area (Å²) in [5.74, 6) is -0.476. The van der Waals surface area contributed by atoms with Gasteiger partial charge < -0.3 is 0 Å². The van der Waals surface area contributed by atoms with Gasteiger partial charge in [0.2, 0.25) is 9.84 Å². The molecular weight excluding hydrogens is 277 g/mol. The Morgan fingerprint density at radius 1 is 0.900 bits per heavy atom. The van der Waals surface area contributed by atoms with Gasteiger partial charge in [0, 0.05) is 11.6 Å².